The van der Waals surface area contributed by atoms with Gasteiger partial charge in [-0.25, -0.2) is 8.78 Å². The second-order valence-electron chi connectivity index (χ2n) is 20.7. The lowest BCUT2D eigenvalue weighted by Gasteiger charge is -2.33. The minimum Gasteiger partial charge on any atom is -0.504 e. The van der Waals surface area contributed by atoms with Crippen LogP contribution in [0, 0.1) is 29.4 Å². The lowest BCUT2D eigenvalue weighted by Crippen LogP contribution is -2.33. The fourth-order valence-corrected chi connectivity index (χ4v) is 12.8. The molecule has 4 N–H and O–H groups in total. The number of rotatable bonds is 13. The molecule has 13 heteroatoms. The number of phenols is 2. The number of halogens is 4. The Morgan fingerprint density at radius 3 is 1.36 bits per heavy atom. The van der Waals surface area contributed by atoms with Crippen LogP contribution < -0.4 is 10.6 Å². The summed E-state index contributed by atoms with van der Waals surface area (Å²) >= 11 is 12.6. The van der Waals surface area contributed by atoms with E-state index < -0.39 is 23.1 Å². The summed E-state index contributed by atoms with van der Waals surface area (Å²) in [6.07, 6.45) is 18.7. The number of hydrogen-bond donors (Lipinski definition) is 4. The van der Waals surface area contributed by atoms with Crippen LogP contribution in [0.3, 0.4) is 0 Å². The van der Waals surface area contributed by atoms with E-state index in [-0.39, 0.29) is 39.9 Å². The smallest absolute Gasteiger partial charge is 0.170 e. The molecule has 0 spiro atoms. The number of hydrogen-bond acceptors (Lipinski definition) is 9. The van der Waals surface area contributed by atoms with Crippen molar-refractivity contribution < 1.29 is 23.8 Å². The van der Waals surface area contributed by atoms with Crippen LogP contribution in [-0.2, 0) is 4.79 Å². The summed E-state index contributed by atoms with van der Waals surface area (Å²) in [4.78, 5) is 28.7. The molecule has 69 heavy (non-hydrogen) atoms. The first-order valence-corrected chi connectivity index (χ1v) is 26.0. The molecule has 5 aliphatic rings. The molecule has 2 aliphatic heterocycles. The van der Waals surface area contributed by atoms with Crippen LogP contribution in [0.4, 0.5) is 20.2 Å². The fourth-order valence-electron chi connectivity index (χ4n) is 12.4. The van der Waals surface area contributed by atoms with Crippen molar-refractivity contribution in [2.45, 2.75) is 101 Å². The first kappa shape index (κ1) is 46.3. The van der Waals surface area contributed by atoms with Crippen LogP contribution in [0.2, 0.25) is 10.0 Å². The number of nitrogens with one attached hydrogen (secondary N) is 2. The number of benzene rings is 4. The van der Waals surface area contributed by atoms with E-state index in [1.54, 1.807) is 12.1 Å². The maximum Gasteiger partial charge on any atom is 0.170 e. The summed E-state index contributed by atoms with van der Waals surface area (Å²) in [5.74, 6) is -2.22. The van der Waals surface area contributed by atoms with Gasteiger partial charge in [0.2, 0.25) is 0 Å². The number of fused-ring (bicyclic) bond motifs is 2. The minimum atomic E-state index is -0.794. The van der Waals surface area contributed by atoms with E-state index in [1.165, 1.54) is 64.0 Å². The van der Waals surface area contributed by atoms with Gasteiger partial charge in [0.25, 0.3) is 0 Å². The molecule has 0 amide bonds. The number of carbonyl (C=O) groups excluding carboxylic acids is 1. The third-order valence-corrected chi connectivity index (χ3v) is 16.8. The number of anilines is 2. The maximum atomic E-state index is 14.9. The van der Waals surface area contributed by atoms with Crippen LogP contribution in [0.5, 0.6) is 11.5 Å². The SMILES string of the molecule is O=CC1C(c2cnc3ccc(-c4cc(F)c(O)c(Cl)c4)cc3c2NC2CCC(CN3CCCC3)CC2)C1c1cnc2ccc(-c3cc(F)c(O)c(Cl)c3)cc2c1NC1CCC(CN2CCCC2)CC1. The van der Waals surface area contributed by atoms with E-state index in [1.807, 2.05) is 48.8 Å². The Balaban J connectivity index is 0.977. The molecule has 2 aromatic heterocycles. The van der Waals surface area contributed by atoms with Crippen molar-refractivity contribution in [2.75, 3.05) is 49.9 Å². The normalized spacial score (nSPS) is 25.4. The summed E-state index contributed by atoms with van der Waals surface area (Å²) in [6.45, 7) is 7.11. The highest BCUT2D eigenvalue weighted by Crippen LogP contribution is 2.63. The first-order valence-electron chi connectivity index (χ1n) is 25.2. The zero-order valence-electron chi connectivity index (χ0n) is 38.9. The Bertz CT molecular complexity index is 2660. The van der Waals surface area contributed by atoms with Gasteiger partial charge in [-0.05, 0) is 197 Å². The summed E-state index contributed by atoms with van der Waals surface area (Å²) in [5.41, 5.74) is 7.83. The van der Waals surface area contributed by atoms with Gasteiger partial charge < -0.3 is 35.4 Å². The zero-order valence-corrected chi connectivity index (χ0v) is 40.4. The van der Waals surface area contributed by atoms with Crippen LogP contribution in [0.25, 0.3) is 44.1 Å². The van der Waals surface area contributed by atoms with E-state index >= 15 is 0 Å². The highest BCUT2D eigenvalue weighted by atomic mass is 35.5. The van der Waals surface area contributed by atoms with E-state index in [0.717, 1.165) is 126 Å². The van der Waals surface area contributed by atoms with Gasteiger partial charge >= 0.3 is 0 Å². The predicted octanol–water partition coefficient (Wildman–Crippen LogP) is 12.9. The number of pyridine rings is 2. The molecule has 2 unspecified atom stereocenters. The molecular formula is C56H60Cl2F2N6O3. The van der Waals surface area contributed by atoms with Crippen molar-refractivity contribution in [1.29, 1.82) is 0 Å². The molecule has 6 aromatic rings. The number of nitrogens with zero attached hydrogens (tertiary/aromatic N) is 4. The summed E-state index contributed by atoms with van der Waals surface area (Å²) in [5, 5.41) is 30.0. The lowest BCUT2D eigenvalue weighted by atomic mass is 9.85. The van der Waals surface area contributed by atoms with Gasteiger partial charge in [-0.1, -0.05) is 35.3 Å². The molecule has 360 valence electrons. The predicted molar refractivity (Wildman–Crippen MR) is 273 cm³/mol. The Morgan fingerprint density at radius 1 is 0.580 bits per heavy atom. The summed E-state index contributed by atoms with van der Waals surface area (Å²) in [6, 6.07) is 17.9. The molecule has 3 saturated carbocycles. The third kappa shape index (κ3) is 9.49. The van der Waals surface area contributed by atoms with Crippen LogP contribution in [0.1, 0.15) is 100 Å². The molecular weight excluding hydrogens is 914 g/mol. The second kappa shape index (κ2) is 19.6. The van der Waals surface area contributed by atoms with Crippen LogP contribution in [0.15, 0.2) is 73.1 Å². The largest absolute Gasteiger partial charge is 0.504 e. The van der Waals surface area contributed by atoms with Gasteiger partial charge in [-0.15, -0.1) is 0 Å². The minimum absolute atomic E-state index is 0.0645. The topological polar surface area (TPSA) is 114 Å². The molecule has 4 aromatic carbocycles. The highest BCUT2D eigenvalue weighted by molar-refractivity contribution is 6.32. The van der Waals surface area contributed by atoms with Crippen molar-refractivity contribution in [3.63, 3.8) is 0 Å². The number of aromatic nitrogens is 2. The highest BCUT2D eigenvalue weighted by Gasteiger charge is 2.54. The number of aldehydes is 1. The van der Waals surface area contributed by atoms with E-state index in [4.69, 9.17) is 33.2 Å². The Morgan fingerprint density at radius 2 is 0.986 bits per heavy atom. The van der Waals surface area contributed by atoms with Gasteiger partial charge in [0.05, 0.1) is 21.1 Å². The first-order chi connectivity index (χ1) is 33.6. The third-order valence-electron chi connectivity index (χ3n) is 16.3. The van der Waals surface area contributed by atoms with Gasteiger partial charge in [-0.2, -0.15) is 0 Å². The molecule has 2 saturated heterocycles. The van der Waals surface area contributed by atoms with E-state index in [9.17, 15) is 23.8 Å². The molecule has 2 atom stereocenters. The zero-order chi connectivity index (χ0) is 47.3. The Labute approximate surface area is 412 Å². The van der Waals surface area contributed by atoms with Gasteiger partial charge in [0, 0.05) is 77.5 Å². The molecule has 3 aliphatic carbocycles. The van der Waals surface area contributed by atoms with Crippen molar-refractivity contribution in [3.8, 4) is 33.8 Å². The second-order valence-corrected chi connectivity index (χ2v) is 21.5. The van der Waals surface area contributed by atoms with Crippen molar-refractivity contribution in [1.82, 2.24) is 19.8 Å². The molecule has 5 fully saturated rings. The Kier molecular flexibility index (Phi) is 13.2. The van der Waals surface area contributed by atoms with Crippen LogP contribution >= 0.6 is 23.2 Å². The van der Waals surface area contributed by atoms with Crippen molar-refractivity contribution >= 4 is 62.7 Å². The standard InChI is InChI=1S/C56H60Cl2F2N6O3/c57-45-23-36(25-47(59)55(45)68)34-9-15-49-40(21-34)53(63-38-11-5-32(6-12-38)29-65-17-1-2-18-65)42(27-61-49)51-44(31-67)52(51)43-28-62-50-16-10-35(37-24-46(58)56(69)48(60)26-37)22-41(50)54(43)64-39-13-7-33(8-14-39)30-66-19-3-4-20-66/h9-10,15-16,21-28,31-33,38-39,44,51-52,68-69H,1-8,11-14,17-20,29-30H2,(H,61,63)(H,62,64). The Hall–Kier alpha value is -5.07. The molecule has 4 heterocycles. The van der Waals surface area contributed by atoms with Crippen molar-refractivity contribution in [2.24, 2.45) is 17.8 Å². The van der Waals surface area contributed by atoms with Crippen LogP contribution in [-0.4, -0.2) is 87.6 Å². The van der Waals surface area contributed by atoms with Gasteiger partial charge in [-0.3, -0.25) is 9.97 Å². The fraction of sp³-hybridized carbons (Fsp3) is 0.446. The molecule has 9 nitrogen and oxygen atoms in total. The average molecular weight is 974 g/mol. The van der Waals surface area contributed by atoms with E-state index in [0.29, 0.717) is 23.0 Å². The van der Waals surface area contributed by atoms with Gasteiger partial charge in [0.1, 0.15) is 6.29 Å². The van der Waals surface area contributed by atoms with Crippen molar-refractivity contribution in [3.05, 3.63) is 106 Å². The monoisotopic (exact) mass is 972 g/mol. The number of aromatic hydroxyl groups is 2. The van der Waals surface area contributed by atoms with Gasteiger partial charge in [0.15, 0.2) is 23.1 Å². The quantitative estimate of drug-likeness (QED) is 0.0840. The number of carbonyl (C=O) groups is 1. The molecule has 11 rings (SSSR count). The molecule has 0 bridgehead atoms. The number of phenolic OH excluding ortho intramolecular Hbond substituents is 2. The summed E-state index contributed by atoms with van der Waals surface area (Å²) < 4.78 is 29.9. The molecule has 0 radical (unpaired) electrons. The van der Waals surface area contributed by atoms with E-state index in [2.05, 4.69) is 20.4 Å². The maximum absolute atomic E-state index is 14.9. The lowest BCUT2D eigenvalue weighted by molar-refractivity contribution is -0.109. The average Bonchev–Trinajstić information content (AvgIpc) is 3.61. The summed E-state index contributed by atoms with van der Waals surface area (Å²) in [7, 11) is 0. The number of likely N-dealkylation sites (tertiary alicyclic amines) is 2.